The number of carbonyl (C=O) groups is 1. The van der Waals surface area contributed by atoms with Crippen LogP contribution >= 0.6 is 0 Å². The molecule has 1 aromatic carbocycles. The second-order valence-corrected chi connectivity index (χ2v) is 8.10. The summed E-state index contributed by atoms with van der Waals surface area (Å²) in [6.45, 7) is 6.33. The molecular formula is C19H23NO3. The highest BCUT2D eigenvalue weighted by Crippen LogP contribution is 2.69. The van der Waals surface area contributed by atoms with Gasteiger partial charge in [0.25, 0.3) is 0 Å². The zero-order valence-electron chi connectivity index (χ0n) is 13.8. The van der Waals surface area contributed by atoms with E-state index in [-0.39, 0.29) is 35.7 Å². The van der Waals surface area contributed by atoms with Crippen LogP contribution in [0.25, 0.3) is 0 Å². The molecule has 1 N–H and O–H groups in total. The number of fused-ring (bicyclic) bond motifs is 2. The summed E-state index contributed by atoms with van der Waals surface area (Å²) in [6.07, 6.45) is 0.388. The SMILES string of the molecule is Cc1ccc(N2C(=O)[C@@H]3[C@H]4C[C@H]5[C@H](O[C@]2(C(C)C)[C@@H]53)[C@H]4O)cc1. The van der Waals surface area contributed by atoms with Crippen LogP contribution in [0.1, 0.15) is 25.8 Å². The fraction of sp³-hybridized carbons (Fsp3) is 0.632. The molecule has 0 aromatic heterocycles. The van der Waals surface area contributed by atoms with Gasteiger partial charge >= 0.3 is 0 Å². The number of amides is 1. The molecule has 4 nitrogen and oxygen atoms in total. The van der Waals surface area contributed by atoms with E-state index in [0.29, 0.717) is 5.92 Å². The molecule has 4 fully saturated rings. The van der Waals surface area contributed by atoms with Crippen molar-refractivity contribution in [3.8, 4) is 0 Å². The van der Waals surface area contributed by atoms with Gasteiger partial charge in [0.2, 0.25) is 5.91 Å². The van der Waals surface area contributed by atoms with E-state index in [1.54, 1.807) is 0 Å². The molecule has 4 heteroatoms. The standard InChI is InChI=1S/C19H23NO3/c1-9(2)19-15-13-8-12(16(21)17(13)23-19)14(15)18(22)20(19)11-6-4-10(3)5-7-11/h4-7,9,12-17,21H,8H2,1-3H3/t12-,13-,14-,15+,16+,17+,19-/m1/s1. The second kappa shape index (κ2) is 4.17. The zero-order valence-corrected chi connectivity index (χ0v) is 13.8. The quantitative estimate of drug-likeness (QED) is 0.912. The van der Waals surface area contributed by atoms with Gasteiger partial charge in [-0.05, 0) is 37.3 Å². The van der Waals surface area contributed by atoms with E-state index in [9.17, 15) is 9.90 Å². The van der Waals surface area contributed by atoms with E-state index < -0.39 is 11.8 Å². The minimum atomic E-state index is -0.585. The molecule has 2 saturated heterocycles. The Hall–Kier alpha value is -1.39. The number of anilines is 1. The number of hydrogen-bond acceptors (Lipinski definition) is 3. The summed E-state index contributed by atoms with van der Waals surface area (Å²) in [5, 5.41) is 10.5. The molecule has 2 saturated carbocycles. The molecule has 2 bridgehead atoms. The fourth-order valence-electron chi connectivity index (χ4n) is 6.01. The lowest BCUT2D eigenvalue weighted by Crippen LogP contribution is -2.54. The number of benzene rings is 1. The Morgan fingerprint density at radius 1 is 1.26 bits per heavy atom. The number of ether oxygens (including phenoxy) is 1. The molecule has 2 aliphatic carbocycles. The first-order chi connectivity index (χ1) is 11.0. The average Bonchev–Trinajstić information content (AvgIpc) is 3.17. The highest BCUT2D eigenvalue weighted by atomic mass is 16.6. The Labute approximate surface area is 136 Å². The van der Waals surface area contributed by atoms with E-state index in [2.05, 4.69) is 20.8 Å². The second-order valence-electron chi connectivity index (χ2n) is 8.10. The van der Waals surface area contributed by atoms with Gasteiger partial charge in [0, 0.05) is 17.5 Å². The summed E-state index contributed by atoms with van der Waals surface area (Å²) in [7, 11) is 0. The lowest BCUT2D eigenvalue weighted by atomic mass is 9.74. The third kappa shape index (κ3) is 1.39. The van der Waals surface area contributed by atoms with Crippen molar-refractivity contribution in [1.29, 1.82) is 0 Å². The number of carbonyl (C=O) groups excluding carboxylic acids is 1. The van der Waals surface area contributed by atoms with Crippen LogP contribution in [0.5, 0.6) is 0 Å². The minimum absolute atomic E-state index is 0.0718. The molecule has 0 radical (unpaired) electrons. The third-order valence-corrected chi connectivity index (χ3v) is 6.83. The van der Waals surface area contributed by atoms with Gasteiger partial charge in [-0.25, -0.2) is 0 Å². The summed E-state index contributed by atoms with van der Waals surface area (Å²) in [4.78, 5) is 15.2. The molecule has 2 aliphatic heterocycles. The number of aliphatic hydroxyl groups excluding tert-OH is 1. The summed E-state index contributed by atoms with van der Waals surface area (Å²) in [5.74, 6) is 0.920. The lowest BCUT2D eigenvalue weighted by molar-refractivity contribution is -0.136. The van der Waals surface area contributed by atoms with Crippen molar-refractivity contribution in [3.05, 3.63) is 29.8 Å². The van der Waals surface area contributed by atoms with Crippen LogP contribution in [0, 0.1) is 36.5 Å². The highest BCUT2D eigenvalue weighted by Gasteiger charge is 2.79. The number of aryl methyl sites for hydroxylation is 1. The third-order valence-electron chi connectivity index (χ3n) is 6.83. The van der Waals surface area contributed by atoms with E-state index in [1.165, 1.54) is 5.56 Å². The van der Waals surface area contributed by atoms with Gasteiger partial charge in [0.1, 0.15) is 0 Å². The summed E-state index contributed by atoms with van der Waals surface area (Å²) < 4.78 is 6.51. The van der Waals surface area contributed by atoms with Gasteiger partial charge in [-0.2, -0.15) is 0 Å². The van der Waals surface area contributed by atoms with Crippen molar-refractivity contribution in [3.63, 3.8) is 0 Å². The molecular weight excluding hydrogens is 290 g/mol. The largest absolute Gasteiger partial charge is 0.390 e. The molecule has 122 valence electrons. The molecule has 0 unspecified atom stereocenters. The van der Waals surface area contributed by atoms with Crippen LogP contribution in [0.2, 0.25) is 0 Å². The van der Waals surface area contributed by atoms with Gasteiger partial charge in [0.15, 0.2) is 5.72 Å². The maximum absolute atomic E-state index is 13.3. The summed E-state index contributed by atoms with van der Waals surface area (Å²) in [5.41, 5.74) is 1.53. The van der Waals surface area contributed by atoms with E-state index in [0.717, 1.165) is 12.1 Å². The topological polar surface area (TPSA) is 49.8 Å². The van der Waals surface area contributed by atoms with Crippen LogP contribution < -0.4 is 4.90 Å². The molecule has 23 heavy (non-hydrogen) atoms. The Kier molecular flexibility index (Phi) is 2.54. The monoisotopic (exact) mass is 313 g/mol. The van der Waals surface area contributed by atoms with Crippen LogP contribution in [0.15, 0.2) is 24.3 Å². The van der Waals surface area contributed by atoms with Gasteiger partial charge in [-0.1, -0.05) is 31.5 Å². The Bertz CT molecular complexity index is 684. The number of rotatable bonds is 2. The van der Waals surface area contributed by atoms with E-state index in [4.69, 9.17) is 4.74 Å². The van der Waals surface area contributed by atoms with Crippen LogP contribution in [-0.4, -0.2) is 28.9 Å². The highest BCUT2D eigenvalue weighted by molar-refractivity contribution is 6.00. The maximum atomic E-state index is 13.3. The van der Waals surface area contributed by atoms with Crippen LogP contribution in [0.4, 0.5) is 5.69 Å². The normalized spacial score (nSPS) is 46.5. The Morgan fingerprint density at radius 3 is 2.61 bits per heavy atom. The Balaban J connectivity index is 1.69. The van der Waals surface area contributed by atoms with E-state index >= 15 is 0 Å². The minimum Gasteiger partial charge on any atom is -0.390 e. The number of hydrogen-bond donors (Lipinski definition) is 1. The Morgan fingerprint density at radius 2 is 1.96 bits per heavy atom. The van der Waals surface area contributed by atoms with Gasteiger partial charge in [-0.3, -0.25) is 9.69 Å². The molecule has 5 rings (SSSR count). The smallest absolute Gasteiger partial charge is 0.233 e. The van der Waals surface area contributed by atoms with E-state index in [1.807, 2.05) is 29.2 Å². The van der Waals surface area contributed by atoms with Crippen molar-refractivity contribution < 1.29 is 14.6 Å². The van der Waals surface area contributed by atoms with Crippen molar-refractivity contribution in [2.24, 2.45) is 29.6 Å². The molecule has 1 amide bonds. The zero-order chi connectivity index (χ0) is 16.1. The van der Waals surface area contributed by atoms with Crippen molar-refractivity contribution >= 4 is 11.6 Å². The summed E-state index contributed by atoms with van der Waals surface area (Å²) in [6, 6.07) is 8.15. The molecule has 4 aliphatic rings. The molecule has 0 spiro atoms. The first kappa shape index (κ1) is 14.0. The van der Waals surface area contributed by atoms with Crippen LogP contribution in [-0.2, 0) is 9.53 Å². The van der Waals surface area contributed by atoms with Gasteiger partial charge in [0.05, 0.1) is 18.1 Å². The van der Waals surface area contributed by atoms with Crippen LogP contribution in [0.3, 0.4) is 0 Å². The average molecular weight is 313 g/mol. The van der Waals surface area contributed by atoms with Gasteiger partial charge in [-0.15, -0.1) is 0 Å². The predicted molar refractivity (Wildman–Crippen MR) is 85.7 cm³/mol. The maximum Gasteiger partial charge on any atom is 0.233 e. The predicted octanol–water partition coefficient (Wildman–Crippen LogP) is 2.34. The lowest BCUT2D eigenvalue weighted by Gasteiger charge is -2.42. The molecule has 2 heterocycles. The van der Waals surface area contributed by atoms with Crippen molar-refractivity contribution in [2.75, 3.05) is 4.90 Å². The van der Waals surface area contributed by atoms with Crippen molar-refractivity contribution in [2.45, 2.75) is 45.1 Å². The summed E-state index contributed by atoms with van der Waals surface area (Å²) >= 11 is 0. The fourth-order valence-corrected chi connectivity index (χ4v) is 6.01. The molecule has 7 atom stereocenters. The first-order valence-corrected chi connectivity index (χ1v) is 8.73. The first-order valence-electron chi connectivity index (χ1n) is 8.73. The van der Waals surface area contributed by atoms with Gasteiger partial charge < -0.3 is 9.84 Å². The number of nitrogens with zero attached hydrogens (tertiary/aromatic N) is 1. The number of aliphatic hydroxyl groups is 1. The molecule has 1 aromatic rings. The van der Waals surface area contributed by atoms with Crippen molar-refractivity contribution in [1.82, 2.24) is 0 Å².